The average Bonchev–Trinajstić information content (AvgIpc) is 3.05. The molecule has 7 nitrogen and oxygen atoms in total. The van der Waals surface area contributed by atoms with E-state index < -0.39 is 0 Å². The smallest absolute Gasteiger partial charge is 0.224 e. The van der Waals surface area contributed by atoms with Crippen LogP contribution in [0.5, 0.6) is 0 Å². The molecule has 140 valence electrons. The first kappa shape index (κ1) is 18.4. The molecule has 1 aliphatic heterocycles. The average molecular weight is 356 g/mol. The van der Waals surface area contributed by atoms with Crippen LogP contribution in [0.2, 0.25) is 0 Å². The van der Waals surface area contributed by atoms with Crippen LogP contribution < -0.4 is 4.90 Å². The highest BCUT2D eigenvalue weighted by Crippen LogP contribution is 2.22. The molecule has 1 fully saturated rings. The van der Waals surface area contributed by atoms with E-state index in [1.54, 1.807) is 12.5 Å². The number of carbonyl (C=O) groups is 1. The van der Waals surface area contributed by atoms with E-state index in [0.717, 1.165) is 50.3 Å². The number of imidazole rings is 1. The van der Waals surface area contributed by atoms with Gasteiger partial charge in [0.2, 0.25) is 5.91 Å². The molecular weight excluding hydrogens is 328 g/mol. The molecule has 26 heavy (non-hydrogen) atoms. The van der Waals surface area contributed by atoms with Crippen LogP contribution >= 0.6 is 0 Å². The van der Waals surface area contributed by atoms with Crippen molar-refractivity contribution in [2.75, 3.05) is 32.1 Å². The van der Waals surface area contributed by atoms with E-state index in [2.05, 4.69) is 15.0 Å². The summed E-state index contributed by atoms with van der Waals surface area (Å²) in [4.78, 5) is 29.5. The van der Waals surface area contributed by atoms with Crippen LogP contribution in [0.3, 0.4) is 0 Å². The first-order chi connectivity index (χ1) is 12.6. The van der Waals surface area contributed by atoms with Gasteiger partial charge in [-0.2, -0.15) is 0 Å². The molecule has 0 N–H and O–H groups in total. The molecule has 1 atom stereocenters. The number of hydrogen-bond donors (Lipinski definition) is 0. The van der Waals surface area contributed by atoms with Gasteiger partial charge in [0.15, 0.2) is 0 Å². The van der Waals surface area contributed by atoms with Gasteiger partial charge in [-0.05, 0) is 31.6 Å². The Kier molecular flexibility index (Phi) is 6.20. The van der Waals surface area contributed by atoms with Crippen molar-refractivity contribution in [3.05, 3.63) is 36.8 Å². The number of anilines is 1. The number of carbonyl (C=O) groups excluding carboxylic acids is 1. The van der Waals surface area contributed by atoms with Crippen LogP contribution in [0.1, 0.15) is 31.4 Å². The van der Waals surface area contributed by atoms with Crippen LogP contribution in [-0.2, 0) is 17.8 Å². The normalized spacial score (nSPS) is 17.8. The van der Waals surface area contributed by atoms with Crippen LogP contribution in [0.25, 0.3) is 0 Å². The van der Waals surface area contributed by atoms with Crippen molar-refractivity contribution in [2.24, 2.45) is 5.92 Å². The van der Waals surface area contributed by atoms with E-state index in [1.807, 2.05) is 47.1 Å². The zero-order chi connectivity index (χ0) is 18.4. The third-order valence-corrected chi connectivity index (χ3v) is 4.99. The molecule has 3 heterocycles. The first-order valence-electron chi connectivity index (χ1n) is 9.33. The molecule has 0 radical (unpaired) electrons. The Morgan fingerprint density at radius 3 is 2.81 bits per heavy atom. The molecule has 0 aromatic carbocycles. The number of likely N-dealkylation sites (tertiary alicyclic amines) is 1. The van der Waals surface area contributed by atoms with Crippen molar-refractivity contribution >= 4 is 11.7 Å². The molecule has 0 aliphatic carbocycles. The fraction of sp³-hybridized carbons (Fsp3) is 0.579. The van der Waals surface area contributed by atoms with Gasteiger partial charge in [-0.3, -0.25) is 9.78 Å². The molecule has 1 aliphatic rings. The van der Waals surface area contributed by atoms with Gasteiger partial charge in [-0.25, -0.2) is 9.97 Å². The molecule has 1 saturated heterocycles. The van der Waals surface area contributed by atoms with Crippen molar-refractivity contribution in [1.82, 2.24) is 24.4 Å². The Hall–Kier alpha value is -2.44. The van der Waals surface area contributed by atoms with Crippen molar-refractivity contribution in [3.8, 4) is 0 Å². The molecule has 3 rings (SSSR count). The highest BCUT2D eigenvalue weighted by Gasteiger charge is 2.21. The van der Waals surface area contributed by atoms with Gasteiger partial charge in [-0.1, -0.05) is 0 Å². The molecule has 0 bridgehead atoms. The maximum absolute atomic E-state index is 12.5. The van der Waals surface area contributed by atoms with E-state index in [-0.39, 0.29) is 5.91 Å². The van der Waals surface area contributed by atoms with Crippen molar-refractivity contribution in [1.29, 1.82) is 0 Å². The summed E-state index contributed by atoms with van der Waals surface area (Å²) >= 11 is 0. The molecule has 0 saturated carbocycles. The zero-order valence-electron chi connectivity index (χ0n) is 15.7. The summed E-state index contributed by atoms with van der Waals surface area (Å²) in [6, 6.07) is 0. The summed E-state index contributed by atoms with van der Waals surface area (Å²) in [5, 5.41) is 0. The molecule has 2 aromatic rings. The van der Waals surface area contributed by atoms with Crippen LogP contribution in [-0.4, -0.2) is 57.5 Å². The number of aryl methyl sites for hydroxylation is 1. The number of nitrogens with zero attached hydrogens (tertiary/aromatic N) is 6. The second-order valence-corrected chi connectivity index (χ2v) is 7.19. The summed E-state index contributed by atoms with van der Waals surface area (Å²) in [6.45, 7) is 2.41. The Morgan fingerprint density at radius 2 is 2.12 bits per heavy atom. The van der Waals surface area contributed by atoms with Crippen LogP contribution in [0, 0.1) is 5.92 Å². The summed E-state index contributed by atoms with van der Waals surface area (Å²) in [6.07, 6.45) is 13.8. The summed E-state index contributed by atoms with van der Waals surface area (Å²) in [5.74, 6) is 1.69. The van der Waals surface area contributed by atoms with E-state index in [0.29, 0.717) is 18.9 Å². The van der Waals surface area contributed by atoms with Crippen molar-refractivity contribution < 1.29 is 4.79 Å². The quantitative estimate of drug-likeness (QED) is 0.792. The van der Waals surface area contributed by atoms with Gasteiger partial charge < -0.3 is 14.4 Å². The number of amides is 1. The zero-order valence-corrected chi connectivity index (χ0v) is 15.7. The fourth-order valence-corrected chi connectivity index (χ4v) is 3.40. The molecular formula is C19H28N6O. The van der Waals surface area contributed by atoms with Gasteiger partial charge in [0.05, 0.1) is 24.4 Å². The minimum Gasteiger partial charge on any atom is -0.361 e. The van der Waals surface area contributed by atoms with Gasteiger partial charge >= 0.3 is 0 Å². The van der Waals surface area contributed by atoms with Gasteiger partial charge in [0.1, 0.15) is 5.82 Å². The Bertz CT molecular complexity index is 683. The minimum atomic E-state index is 0.245. The third kappa shape index (κ3) is 5.03. The van der Waals surface area contributed by atoms with Crippen molar-refractivity contribution in [2.45, 2.75) is 38.6 Å². The lowest BCUT2D eigenvalue weighted by Crippen LogP contribution is -2.32. The van der Waals surface area contributed by atoms with Gasteiger partial charge in [0.25, 0.3) is 0 Å². The lowest BCUT2D eigenvalue weighted by molar-refractivity contribution is -0.131. The Balaban J connectivity index is 1.47. The maximum atomic E-state index is 12.5. The summed E-state index contributed by atoms with van der Waals surface area (Å²) in [5.41, 5.74) is 1.04. The second kappa shape index (κ2) is 8.78. The largest absolute Gasteiger partial charge is 0.361 e. The maximum Gasteiger partial charge on any atom is 0.224 e. The number of hydrogen-bond acceptors (Lipinski definition) is 5. The predicted molar refractivity (Wildman–Crippen MR) is 101 cm³/mol. The van der Waals surface area contributed by atoms with Gasteiger partial charge in [0, 0.05) is 52.5 Å². The lowest BCUT2D eigenvalue weighted by Gasteiger charge is -2.21. The molecule has 2 aromatic heterocycles. The number of aromatic nitrogens is 4. The summed E-state index contributed by atoms with van der Waals surface area (Å²) < 4.78 is 1.95. The lowest BCUT2D eigenvalue weighted by atomic mass is 9.95. The molecule has 1 amide bonds. The topological polar surface area (TPSA) is 67.2 Å². The van der Waals surface area contributed by atoms with E-state index in [9.17, 15) is 4.79 Å². The Labute approximate surface area is 155 Å². The summed E-state index contributed by atoms with van der Waals surface area (Å²) in [7, 11) is 3.93. The highest BCUT2D eigenvalue weighted by atomic mass is 16.2. The standard InChI is InChI=1S/C19H28N6O/c1-23(2)18-14-21-17(13-22-18)12-16-4-3-8-25(10-5-16)19(26)6-9-24-11-7-20-15-24/h7,11,13-16H,3-6,8-10,12H2,1-2H3/t16-/m0/s1. The molecule has 0 unspecified atom stereocenters. The highest BCUT2D eigenvalue weighted by molar-refractivity contribution is 5.76. The number of rotatable bonds is 6. The van der Waals surface area contributed by atoms with Crippen molar-refractivity contribution in [3.63, 3.8) is 0 Å². The first-order valence-corrected chi connectivity index (χ1v) is 9.33. The minimum absolute atomic E-state index is 0.245. The van der Waals surface area contributed by atoms with E-state index in [1.165, 1.54) is 0 Å². The predicted octanol–water partition coefficient (Wildman–Crippen LogP) is 2.00. The fourth-order valence-electron chi connectivity index (χ4n) is 3.40. The van der Waals surface area contributed by atoms with E-state index >= 15 is 0 Å². The van der Waals surface area contributed by atoms with Crippen LogP contribution in [0.15, 0.2) is 31.1 Å². The van der Waals surface area contributed by atoms with Gasteiger partial charge in [-0.15, -0.1) is 0 Å². The Morgan fingerprint density at radius 1 is 1.23 bits per heavy atom. The molecule has 7 heteroatoms. The van der Waals surface area contributed by atoms with E-state index in [4.69, 9.17) is 0 Å². The molecule has 0 spiro atoms. The monoisotopic (exact) mass is 356 g/mol. The third-order valence-electron chi connectivity index (χ3n) is 4.99. The van der Waals surface area contributed by atoms with Crippen LogP contribution in [0.4, 0.5) is 5.82 Å². The SMILES string of the molecule is CN(C)c1cnc(C[C@H]2CCCN(C(=O)CCn3ccnc3)CC2)cn1. The second-order valence-electron chi connectivity index (χ2n) is 7.19.